The lowest BCUT2D eigenvalue weighted by Crippen LogP contribution is -1.88. The summed E-state index contributed by atoms with van der Waals surface area (Å²) in [5.74, 6) is -0.223. The van der Waals surface area contributed by atoms with Crippen molar-refractivity contribution in [2.45, 2.75) is 6.54 Å². The van der Waals surface area contributed by atoms with Crippen molar-refractivity contribution in [1.82, 2.24) is 0 Å². The molecule has 0 spiro atoms. The largest absolute Gasteiger partial charge is 0.507 e. The fourth-order valence-corrected chi connectivity index (χ4v) is 2.13. The molecule has 0 unspecified atom stereocenters. The number of phenols is 1. The number of hydrogen-bond donors (Lipinski definition) is 1. The van der Waals surface area contributed by atoms with Gasteiger partial charge in [-0.3, -0.25) is 4.99 Å². The maximum absolute atomic E-state index is 12.9. The lowest BCUT2D eigenvalue weighted by Gasteiger charge is -2.01. The first kappa shape index (κ1) is 14.0. The minimum atomic E-state index is -0.373. The highest BCUT2D eigenvalue weighted by Crippen LogP contribution is 2.21. The Morgan fingerprint density at radius 2 is 2.05 bits per heavy atom. The van der Waals surface area contributed by atoms with Crippen molar-refractivity contribution in [3.63, 3.8) is 0 Å². The van der Waals surface area contributed by atoms with Gasteiger partial charge in [-0.1, -0.05) is 33.6 Å². The Morgan fingerprint density at radius 1 is 1.26 bits per heavy atom. The average Bonchev–Trinajstić information content (AvgIpc) is 2.36. The summed E-state index contributed by atoms with van der Waals surface area (Å²) in [5, 5.41) is 9.98. The first-order chi connectivity index (χ1) is 9.06. The first-order valence-electron chi connectivity index (χ1n) is 5.48. The number of phenolic OH excluding ortho intramolecular Hbond substituents is 1. The van der Waals surface area contributed by atoms with Gasteiger partial charge in [-0.05, 0) is 35.9 Å². The molecule has 2 aromatic rings. The van der Waals surface area contributed by atoms with Crippen molar-refractivity contribution in [2.24, 2.45) is 4.99 Å². The monoisotopic (exact) mass is 341 g/mol. The van der Waals surface area contributed by atoms with Crippen LogP contribution in [0.4, 0.5) is 4.39 Å². The molecule has 98 valence electrons. The molecule has 0 heterocycles. The molecule has 0 bridgehead atoms. The Morgan fingerprint density at radius 3 is 2.79 bits per heavy atom. The molecular weight excluding hydrogens is 333 g/mol. The summed E-state index contributed by atoms with van der Waals surface area (Å²) in [5.41, 5.74) is 1.33. The van der Waals surface area contributed by atoms with Gasteiger partial charge in [0.1, 0.15) is 11.6 Å². The van der Waals surface area contributed by atoms with Crippen molar-refractivity contribution < 1.29 is 9.50 Å². The van der Waals surface area contributed by atoms with E-state index in [0.29, 0.717) is 17.1 Å². The molecule has 0 aliphatic carbocycles. The molecule has 0 radical (unpaired) electrons. The molecule has 5 heteroatoms. The molecule has 2 nitrogen and oxygen atoms in total. The zero-order valence-electron chi connectivity index (χ0n) is 9.78. The van der Waals surface area contributed by atoms with Crippen LogP contribution in [0.5, 0.6) is 5.75 Å². The zero-order chi connectivity index (χ0) is 13.8. The standard InChI is InChI=1S/C14H10BrClFNO/c15-11-2-4-14(19)10(5-11)8-18-7-9-1-3-12(17)6-13(9)16/h1-6,8,19H,7H2. The van der Waals surface area contributed by atoms with Gasteiger partial charge >= 0.3 is 0 Å². The average molecular weight is 343 g/mol. The number of rotatable bonds is 3. The summed E-state index contributed by atoms with van der Waals surface area (Å²) < 4.78 is 13.7. The molecule has 0 amide bonds. The molecule has 0 fully saturated rings. The van der Waals surface area contributed by atoms with E-state index in [1.807, 2.05) is 0 Å². The van der Waals surface area contributed by atoms with Crippen molar-refractivity contribution in [3.05, 3.63) is 62.8 Å². The third-order valence-corrected chi connectivity index (χ3v) is 3.34. The van der Waals surface area contributed by atoms with E-state index in [1.165, 1.54) is 12.1 Å². The quantitative estimate of drug-likeness (QED) is 0.815. The Balaban J connectivity index is 2.13. The number of aliphatic imine (C=N–C) groups is 1. The molecule has 2 rings (SSSR count). The highest BCUT2D eigenvalue weighted by Gasteiger charge is 2.01. The summed E-state index contributed by atoms with van der Waals surface area (Å²) >= 11 is 9.21. The molecule has 2 aromatic carbocycles. The van der Waals surface area contributed by atoms with Gasteiger partial charge < -0.3 is 5.11 Å². The second-order valence-electron chi connectivity index (χ2n) is 3.91. The second kappa shape index (κ2) is 6.17. The van der Waals surface area contributed by atoms with Gasteiger partial charge in [-0.25, -0.2) is 4.39 Å². The van der Waals surface area contributed by atoms with Gasteiger partial charge in [0.15, 0.2) is 0 Å². The lowest BCUT2D eigenvalue weighted by atomic mass is 10.2. The van der Waals surface area contributed by atoms with Crippen LogP contribution >= 0.6 is 27.5 Å². The zero-order valence-corrected chi connectivity index (χ0v) is 12.1. The maximum atomic E-state index is 12.9. The van der Waals surface area contributed by atoms with Gasteiger partial charge in [-0.2, -0.15) is 0 Å². The topological polar surface area (TPSA) is 32.6 Å². The molecule has 0 saturated heterocycles. The van der Waals surface area contributed by atoms with Gasteiger partial charge in [0.05, 0.1) is 6.54 Å². The molecule has 0 aliphatic heterocycles. The molecule has 1 N–H and O–H groups in total. The van der Waals surface area contributed by atoms with Crippen LogP contribution in [0, 0.1) is 5.82 Å². The van der Waals surface area contributed by atoms with Crippen LogP contribution in [0.15, 0.2) is 45.9 Å². The fourth-order valence-electron chi connectivity index (χ4n) is 1.52. The van der Waals surface area contributed by atoms with Crippen LogP contribution in [0.3, 0.4) is 0 Å². The van der Waals surface area contributed by atoms with Crippen LogP contribution in [0.2, 0.25) is 5.02 Å². The summed E-state index contributed by atoms with van der Waals surface area (Å²) in [7, 11) is 0. The van der Waals surface area contributed by atoms with E-state index in [0.717, 1.165) is 10.0 Å². The van der Waals surface area contributed by atoms with Crippen molar-refractivity contribution in [3.8, 4) is 5.75 Å². The summed E-state index contributed by atoms with van der Waals surface area (Å²) in [6, 6.07) is 9.26. The van der Waals surface area contributed by atoms with Gasteiger partial charge in [0.25, 0.3) is 0 Å². The Kier molecular flexibility index (Phi) is 4.56. The Bertz CT molecular complexity index is 631. The van der Waals surface area contributed by atoms with E-state index < -0.39 is 0 Å². The van der Waals surface area contributed by atoms with E-state index in [2.05, 4.69) is 20.9 Å². The van der Waals surface area contributed by atoms with Gasteiger partial charge in [0, 0.05) is 21.3 Å². The minimum absolute atomic E-state index is 0.150. The van der Waals surface area contributed by atoms with Crippen molar-refractivity contribution in [1.29, 1.82) is 0 Å². The van der Waals surface area contributed by atoms with Crippen molar-refractivity contribution >= 4 is 33.7 Å². The van der Waals surface area contributed by atoms with Crippen LogP contribution in [0.1, 0.15) is 11.1 Å². The third kappa shape index (κ3) is 3.78. The van der Waals surface area contributed by atoms with E-state index >= 15 is 0 Å². The second-order valence-corrected chi connectivity index (χ2v) is 5.23. The molecular formula is C14H10BrClFNO. The summed E-state index contributed by atoms with van der Waals surface area (Å²) in [4.78, 5) is 4.19. The summed E-state index contributed by atoms with van der Waals surface area (Å²) in [6.45, 7) is 0.324. The van der Waals surface area contributed by atoms with E-state index in [-0.39, 0.29) is 11.6 Å². The van der Waals surface area contributed by atoms with Crippen LogP contribution < -0.4 is 0 Å². The number of aromatic hydroxyl groups is 1. The SMILES string of the molecule is Oc1ccc(Br)cc1C=NCc1ccc(F)cc1Cl. The van der Waals surface area contributed by atoms with Crippen LogP contribution in [0.25, 0.3) is 0 Å². The number of nitrogens with zero attached hydrogens (tertiary/aromatic N) is 1. The molecule has 19 heavy (non-hydrogen) atoms. The van der Waals surface area contributed by atoms with E-state index in [9.17, 15) is 9.50 Å². The Hall–Kier alpha value is -1.39. The highest BCUT2D eigenvalue weighted by atomic mass is 79.9. The predicted octanol–water partition coefficient (Wildman–Crippen LogP) is 4.57. The van der Waals surface area contributed by atoms with Crippen molar-refractivity contribution in [2.75, 3.05) is 0 Å². The normalized spacial score (nSPS) is 11.1. The van der Waals surface area contributed by atoms with Crippen LogP contribution in [-0.4, -0.2) is 11.3 Å². The van der Waals surface area contributed by atoms with Gasteiger partial charge in [-0.15, -0.1) is 0 Å². The Labute approximate surface area is 123 Å². The highest BCUT2D eigenvalue weighted by molar-refractivity contribution is 9.10. The lowest BCUT2D eigenvalue weighted by molar-refractivity contribution is 0.474. The smallest absolute Gasteiger partial charge is 0.124 e. The van der Waals surface area contributed by atoms with E-state index in [1.54, 1.807) is 30.5 Å². The molecule has 0 atom stereocenters. The number of halogens is 3. The van der Waals surface area contributed by atoms with Gasteiger partial charge in [0.2, 0.25) is 0 Å². The summed E-state index contributed by atoms with van der Waals surface area (Å²) in [6.07, 6.45) is 1.56. The molecule has 0 saturated carbocycles. The van der Waals surface area contributed by atoms with Crippen LogP contribution in [-0.2, 0) is 6.54 Å². The fraction of sp³-hybridized carbons (Fsp3) is 0.0714. The van der Waals surface area contributed by atoms with E-state index in [4.69, 9.17) is 11.6 Å². The maximum Gasteiger partial charge on any atom is 0.124 e. The number of benzene rings is 2. The molecule has 0 aliphatic rings. The number of hydrogen-bond acceptors (Lipinski definition) is 2. The third-order valence-electron chi connectivity index (χ3n) is 2.50. The predicted molar refractivity (Wildman–Crippen MR) is 78.5 cm³/mol. The minimum Gasteiger partial charge on any atom is -0.507 e. The first-order valence-corrected chi connectivity index (χ1v) is 6.65. The molecule has 0 aromatic heterocycles.